The molecule has 0 saturated carbocycles. The molecule has 1 aromatic carbocycles. The minimum absolute atomic E-state index is 0.0388. The number of aliphatic hydroxyl groups excluding tert-OH is 3. The van der Waals surface area contributed by atoms with Crippen LogP contribution in [0, 0.1) is 8.98 Å². The fourth-order valence-corrected chi connectivity index (χ4v) is 4.13. The molecule has 4 rings (SSSR count). The molecule has 9 nitrogen and oxygen atoms in total. The number of hydrogen-bond acceptors (Lipinski definition) is 8. The van der Waals surface area contributed by atoms with E-state index < -0.39 is 36.7 Å². The molecule has 142 valence electrons. The number of aliphatic imine (C=N–C) groups is 3. The molecule has 1 unspecified atom stereocenters. The van der Waals surface area contributed by atoms with Crippen molar-refractivity contribution in [3.05, 3.63) is 33.4 Å². The zero-order valence-electron chi connectivity index (χ0n) is 14.1. The lowest BCUT2D eigenvalue weighted by Crippen LogP contribution is -2.54. The predicted octanol–water partition coefficient (Wildman–Crippen LogP) is -0.227. The molecule has 1 aromatic rings. The Morgan fingerprint density at radius 3 is 2.81 bits per heavy atom. The number of nitrogens with one attached hydrogen (secondary N) is 1. The number of nitrogens with zero attached hydrogens (tertiary/aromatic N) is 4. The monoisotopic (exact) mass is 483 g/mol. The van der Waals surface area contributed by atoms with E-state index in [2.05, 4.69) is 37.6 Å². The second-order valence-electron chi connectivity index (χ2n) is 6.59. The zero-order valence-corrected chi connectivity index (χ0v) is 16.3. The fraction of sp³-hybridized carbons (Fsp3) is 0.412. The average molecular weight is 483 g/mol. The van der Waals surface area contributed by atoms with E-state index in [1.807, 2.05) is 24.3 Å². The van der Waals surface area contributed by atoms with Crippen LogP contribution < -0.4 is 0 Å². The Labute approximate surface area is 168 Å². The molecule has 5 atom stereocenters. The summed E-state index contributed by atoms with van der Waals surface area (Å²) in [5, 5.41) is 38.1. The van der Waals surface area contributed by atoms with Crippen molar-refractivity contribution in [2.75, 3.05) is 6.61 Å². The topological polar surface area (TPSA) is 134 Å². The van der Waals surface area contributed by atoms with Crippen molar-refractivity contribution in [1.82, 2.24) is 4.90 Å². The Morgan fingerprint density at radius 1 is 1.30 bits per heavy atom. The lowest BCUT2D eigenvalue weighted by molar-refractivity contribution is -0.0511. The van der Waals surface area contributed by atoms with Gasteiger partial charge in [-0.2, -0.15) is 0 Å². The first-order valence-electron chi connectivity index (χ1n) is 8.37. The van der Waals surface area contributed by atoms with Crippen molar-refractivity contribution in [3.63, 3.8) is 0 Å². The predicted molar refractivity (Wildman–Crippen MR) is 107 cm³/mol. The van der Waals surface area contributed by atoms with Crippen LogP contribution in [0.4, 0.5) is 0 Å². The number of hydrogen-bond donors (Lipinski definition) is 4. The molecule has 27 heavy (non-hydrogen) atoms. The molecule has 0 aromatic heterocycles. The minimum Gasteiger partial charge on any atom is -0.394 e. The van der Waals surface area contributed by atoms with E-state index in [0.29, 0.717) is 12.3 Å². The van der Waals surface area contributed by atoms with Gasteiger partial charge in [0.15, 0.2) is 17.6 Å². The number of rotatable bonds is 4. The van der Waals surface area contributed by atoms with Crippen LogP contribution >= 0.6 is 22.6 Å². The van der Waals surface area contributed by atoms with Crippen molar-refractivity contribution in [1.29, 1.82) is 5.41 Å². The highest BCUT2D eigenvalue weighted by Gasteiger charge is 2.54. The van der Waals surface area contributed by atoms with Crippen LogP contribution in [0.3, 0.4) is 0 Å². The molecule has 0 bridgehead atoms. The lowest BCUT2D eigenvalue weighted by atomic mass is 9.88. The second-order valence-corrected chi connectivity index (χ2v) is 7.84. The van der Waals surface area contributed by atoms with Gasteiger partial charge in [-0.1, -0.05) is 12.1 Å². The Hall–Kier alpha value is -1.73. The number of ether oxygens (including phenoxy) is 1. The van der Waals surface area contributed by atoms with Crippen LogP contribution in [0.5, 0.6) is 0 Å². The van der Waals surface area contributed by atoms with E-state index in [9.17, 15) is 15.3 Å². The third-order valence-electron chi connectivity index (χ3n) is 4.92. The molecule has 4 N–H and O–H groups in total. The fourth-order valence-electron chi connectivity index (χ4n) is 3.52. The molecule has 0 radical (unpaired) electrons. The van der Waals surface area contributed by atoms with Gasteiger partial charge in [0.2, 0.25) is 0 Å². The van der Waals surface area contributed by atoms with E-state index in [0.717, 1.165) is 9.13 Å². The Morgan fingerprint density at radius 2 is 2.11 bits per heavy atom. The van der Waals surface area contributed by atoms with Gasteiger partial charge in [-0.3, -0.25) is 15.3 Å². The Bertz CT molecular complexity index is 859. The summed E-state index contributed by atoms with van der Waals surface area (Å²) >= 11 is 2.22. The normalized spacial score (nSPS) is 34.9. The molecule has 1 fully saturated rings. The summed E-state index contributed by atoms with van der Waals surface area (Å²) in [7, 11) is 0. The van der Waals surface area contributed by atoms with Gasteiger partial charge in [0.05, 0.1) is 12.9 Å². The van der Waals surface area contributed by atoms with Gasteiger partial charge in [-0.15, -0.1) is 0 Å². The van der Waals surface area contributed by atoms with Crippen molar-refractivity contribution < 1.29 is 20.1 Å². The molecule has 1 saturated heterocycles. The Balaban J connectivity index is 1.67. The van der Waals surface area contributed by atoms with E-state index in [4.69, 9.17) is 10.1 Å². The highest BCUT2D eigenvalue weighted by Crippen LogP contribution is 2.34. The third kappa shape index (κ3) is 3.01. The molecule has 0 spiro atoms. The van der Waals surface area contributed by atoms with Crippen LogP contribution in [-0.4, -0.2) is 81.3 Å². The zero-order chi connectivity index (χ0) is 19.2. The van der Waals surface area contributed by atoms with E-state index >= 15 is 0 Å². The first kappa shape index (κ1) is 18.6. The summed E-state index contributed by atoms with van der Waals surface area (Å²) in [6, 6.07) is 7.86. The lowest BCUT2D eigenvalue weighted by Gasteiger charge is -2.33. The highest BCUT2D eigenvalue weighted by molar-refractivity contribution is 14.1. The molecular formula is C17H18IN5O4. The van der Waals surface area contributed by atoms with Crippen molar-refractivity contribution in [2.45, 2.75) is 36.5 Å². The van der Waals surface area contributed by atoms with E-state index in [-0.39, 0.29) is 5.84 Å². The average Bonchev–Trinajstić information content (AvgIpc) is 3.15. The van der Waals surface area contributed by atoms with Gasteiger partial charge in [-0.25, -0.2) is 9.98 Å². The maximum Gasteiger partial charge on any atom is 0.183 e. The van der Waals surface area contributed by atoms with E-state index in [1.165, 1.54) is 17.6 Å². The van der Waals surface area contributed by atoms with Gasteiger partial charge in [0.25, 0.3) is 0 Å². The van der Waals surface area contributed by atoms with Gasteiger partial charge in [0.1, 0.15) is 30.5 Å². The van der Waals surface area contributed by atoms with Crippen LogP contribution in [0.2, 0.25) is 0 Å². The molecule has 3 heterocycles. The number of amidine groups is 2. The molecule has 3 aliphatic rings. The molecule has 10 heteroatoms. The first-order chi connectivity index (χ1) is 13.0. The van der Waals surface area contributed by atoms with Crippen LogP contribution in [0.1, 0.15) is 5.56 Å². The number of halogens is 1. The van der Waals surface area contributed by atoms with Gasteiger partial charge >= 0.3 is 0 Å². The van der Waals surface area contributed by atoms with E-state index in [1.54, 1.807) is 0 Å². The molecular weight excluding hydrogens is 465 g/mol. The largest absolute Gasteiger partial charge is 0.394 e. The molecule has 0 aliphatic carbocycles. The van der Waals surface area contributed by atoms with Crippen molar-refractivity contribution in [2.24, 2.45) is 15.0 Å². The molecule has 3 aliphatic heterocycles. The second kappa shape index (κ2) is 7.02. The van der Waals surface area contributed by atoms with Crippen molar-refractivity contribution in [3.8, 4) is 0 Å². The maximum absolute atomic E-state index is 10.4. The van der Waals surface area contributed by atoms with Crippen LogP contribution in [0.25, 0.3) is 0 Å². The standard InChI is InChI=1S/C17H18IN5O4/c18-10-3-1-2-9(4-10)5-17-15(19)20-7-21-16(17)23(8-22-17)14-13(26)12(25)11(6-24)27-14/h1-4,7-8,11-14,19,24-26H,5-6H2/t11-,12-,13-,14-,17?/m1/s1. The summed E-state index contributed by atoms with van der Waals surface area (Å²) in [5.74, 6) is 0.438. The van der Waals surface area contributed by atoms with Gasteiger partial charge < -0.3 is 20.1 Å². The molecule has 0 amide bonds. The Kier molecular flexibility index (Phi) is 4.84. The third-order valence-corrected chi connectivity index (χ3v) is 5.59. The van der Waals surface area contributed by atoms with Gasteiger partial charge in [-0.05, 0) is 40.3 Å². The number of fused-ring (bicyclic) bond motifs is 1. The maximum atomic E-state index is 10.4. The first-order valence-corrected chi connectivity index (χ1v) is 9.44. The van der Waals surface area contributed by atoms with Crippen molar-refractivity contribution >= 4 is 46.9 Å². The number of aliphatic hydroxyl groups is 3. The quantitative estimate of drug-likeness (QED) is 0.440. The van der Waals surface area contributed by atoms with Crippen LogP contribution in [0.15, 0.2) is 39.2 Å². The number of benzene rings is 1. The minimum atomic E-state index is -1.25. The summed E-state index contributed by atoms with van der Waals surface area (Å²) in [4.78, 5) is 14.4. The van der Waals surface area contributed by atoms with Gasteiger partial charge in [0, 0.05) is 9.99 Å². The smallest absolute Gasteiger partial charge is 0.183 e. The summed E-state index contributed by atoms with van der Waals surface area (Å²) in [5.41, 5.74) is -0.151. The summed E-state index contributed by atoms with van der Waals surface area (Å²) < 4.78 is 6.67. The SMILES string of the molecule is N=C1N=CN=C2N([C@@H]3O[C@H](CO)[C@@H](O)[C@H]3O)C=NC12Cc1cccc(I)c1. The summed E-state index contributed by atoms with van der Waals surface area (Å²) in [6.07, 6.45) is -1.24. The van der Waals surface area contributed by atoms with Crippen LogP contribution in [-0.2, 0) is 11.2 Å². The summed E-state index contributed by atoms with van der Waals surface area (Å²) in [6.45, 7) is -0.420. The highest BCUT2D eigenvalue weighted by atomic mass is 127.